The van der Waals surface area contributed by atoms with Crippen LogP contribution in [0.1, 0.15) is 68.6 Å². The van der Waals surface area contributed by atoms with Crippen LogP contribution in [-0.4, -0.2) is 39.1 Å². The Morgan fingerprint density at radius 1 is 1.48 bits per heavy atom. The van der Waals surface area contributed by atoms with Gasteiger partial charge in [0.05, 0.1) is 5.69 Å². The van der Waals surface area contributed by atoms with Crippen LogP contribution in [0.3, 0.4) is 0 Å². The van der Waals surface area contributed by atoms with Gasteiger partial charge in [0, 0.05) is 18.5 Å². The number of aromatic nitrogens is 1. The zero-order valence-electron chi connectivity index (χ0n) is 12.8. The summed E-state index contributed by atoms with van der Waals surface area (Å²) in [6.07, 6.45) is 2.99. The SMILES string of the molecule is CCC(CC)c1cc(C(=O)N2CCCC2(C)C(=O)O)on1. The molecular formula is C15H22N2O4. The molecule has 6 heteroatoms. The lowest BCUT2D eigenvalue weighted by Crippen LogP contribution is -2.50. The number of hydrogen-bond acceptors (Lipinski definition) is 4. The first-order valence-corrected chi connectivity index (χ1v) is 7.46. The molecular weight excluding hydrogens is 272 g/mol. The van der Waals surface area contributed by atoms with Gasteiger partial charge in [0.2, 0.25) is 5.76 Å². The second-order valence-corrected chi connectivity index (χ2v) is 5.77. The first kappa shape index (κ1) is 15.5. The zero-order chi connectivity index (χ0) is 15.6. The summed E-state index contributed by atoms with van der Waals surface area (Å²) in [7, 11) is 0. The quantitative estimate of drug-likeness (QED) is 0.902. The largest absolute Gasteiger partial charge is 0.480 e. The van der Waals surface area contributed by atoms with E-state index in [-0.39, 0.29) is 17.6 Å². The topological polar surface area (TPSA) is 83.6 Å². The summed E-state index contributed by atoms with van der Waals surface area (Å²) in [6.45, 7) is 6.14. The van der Waals surface area contributed by atoms with Gasteiger partial charge in [0.1, 0.15) is 5.54 Å². The normalized spacial score (nSPS) is 22.0. The van der Waals surface area contributed by atoms with Crippen LogP contribution in [0.15, 0.2) is 10.6 Å². The molecule has 1 amide bonds. The number of carbonyl (C=O) groups excluding carboxylic acids is 1. The summed E-state index contributed by atoms with van der Waals surface area (Å²) >= 11 is 0. The van der Waals surface area contributed by atoms with E-state index in [1.54, 1.807) is 13.0 Å². The highest BCUT2D eigenvalue weighted by Crippen LogP contribution is 2.31. The van der Waals surface area contributed by atoms with Crippen molar-refractivity contribution in [1.82, 2.24) is 10.1 Å². The van der Waals surface area contributed by atoms with Gasteiger partial charge in [-0.05, 0) is 32.6 Å². The predicted molar refractivity (Wildman–Crippen MR) is 76.1 cm³/mol. The average Bonchev–Trinajstić information content (AvgIpc) is 3.07. The van der Waals surface area contributed by atoms with E-state index in [2.05, 4.69) is 19.0 Å². The van der Waals surface area contributed by atoms with Crippen molar-refractivity contribution in [3.63, 3.8) is 0 Å². The summed E-state index contributed by atoms with van der Waals surface area (Å²) in [6, 6.07) is 1.65. The molecule has 2 heterocycles. The Balaban J connectivity index is 2.23. The lowest BCUT2D eigenvalue weighted by molar-refractivity contribution is -0.147. The highest BCUT2D eigenvalue weighted by molar-refractivity contribution is 5.96. The molecule has 0 bridgehead atoms. The molecule has 2 rings (SSSR count). The number of amides is 1. The van der Waals surface area contributed by atoms with Crippen molar-refractivity contribution in [2.24, 2.45) is 0 Å². The molecule has 1 unspecified atom stereocenters. The molecule has 1 aliphatic rings. The molecule has 21 heavy (non-hydrogen) atoms. The Hall–Kier alpha value is -1.85. The van der Waals surface area contributed by atoms with Crippen LogP contribution in [-0.2, 0) is 4.79 Å². The molecule has 1 atom stereocenters. The third kappa shape index (κ3) is 2.66. The van der Waals surface area contributed by atoms with Gasteiger partial charge in [0.15, 0.2) is 0 Å². The maximum Gasteiger partial charge on any atom is 0.329 e. The molecule has 0 spiro atoms. The molecule has 1 aliphatic heterocycles. The Labute approximate surface area is 124 Å². The lowest BCUT2D eigenvalue weighted by atomic mass is 9.98. The van der Waals surface area contributed by atoms with Crippen molar-refractivity contribution in [1.29, 1.82) is 0 Å². The average molecular weight is 294 g/mol. The lowest BCUT2D eigenvalue weighted by Gasteiger charge is -2.30. The molecule has 1 saturated heterocycles. The van der Waals surface area contributed by atoms with Crippen molar-refractivity contribution >= 4 is 11.9 Å². The Morgan fingerprint density at radius 2 is 2.14 bits per heavy atom. The number of likely N-dealkylation sites (tertiary alicyclic amines) is 1. The maximum atomic E-state index is 12.5. The number of carboxylic acids is 1. The molecule has 0 aromatic carbocycles. The van der Waals surface area contributed by atoms with Gasteiger partial charge in [-0.3, -0.25) is 4.79 Å². The van der Waals surface area contributed by atoms with Crippen molar-refractivity contribution in [2.45, 2.75) is 57.9 Å². The van der Waals surface area contributed by atoms with E-state index in [0.29, 0.717) is 19.4 Å². The van der Waals surface area contributed by atoms with Gasteiger partial charge in [-0.15, -0.1) is 0 Å². The van der Waals surface area contributed by atoms with Crippen LogP contribution in [0.25, 0.3) is 0 Å². The van der Waals surface area contributed by atoms with Crippen LogP contribution < -0.4 is 0 Å². The first-order valence-electron chi connectivity index (χ1n) is 7.46. The summed E-state index contributed by atoms with van der Waals surface area (Å²) < 4.78 is 5.16. The van der Waals surface area contributed by atoms with Crippen LogP contribution in [0, 0.1) is 0 Å². The first-order chi connectivity index (χ1) is 9.93. The van der Waals surface area contributed by atoms with Crippen molar-refractivity contribution in [3.8, 4) is 0 Å². The highest BCUT2D eigenvalue weighted by atomic mass is 16.5. The summed E-state index contributed by atoms with van der Waals surface area (Å²) in [5.41, 5.74) is -0.390. The minimum absolute atomic E-state index is 0.131. The van der Waals surface area contributed by atoms with E-state index >= 15 is 0 Å². The summed E-state index contributed by atoms with van der Waals surface area (Å²) in [5.74, 6) is -0.971. The Bertz CT molecular complexity index is 536. The zero-order valence-corrected chi connectivity index (χ0v) is 12.8. The number of hydrogen-bond donors (Lipinski definition) is 1. The predicted octanol–water partition coefficient (Wildman–Crippen LogP) is 2.66. The van der Waals surface area contributed by atoms with E-state index in [9.17, 15) is 14.7 Å². The van der Waals surface area contributed by atoms with Gasteiger partial charge < -0.3 is 14.5 Å². The van der Waals surface area contributed by atoms with Crippen LogP contribution >= 0.6 is 0 Å². The van der Waals surface area contributed by atoms with Gasteiger partial charge >= 0.3 is 5.97 Å². The van der Waals surface area contributed by atoms with Gasteiger partial charge in [-0.1, -0.05) is 19.0 Å². The Morgan fingerprint density at radius 3 is 2.71 bits per heavy atom. The smallest absolute Gasteiger partial charge is 0.329 e. The molecule has 1 aromatic heterocycles. The van der Waals surface area contributed by atoms with Gasteiger partial charge in [-0.25, -0.2) is 4.79 Å². The fourth-order valence-electron chi connectivity index (χ4n) is 2.93. The molecule has 0 aliphatic carbocycles. The second kappa shape index (κ2) is 5.87. The number of nitrogens with zero attached hydrogens (tertiary/aromatic N) is 2. The number of aliphatic carboxylic acids is 1. The number of carbonyl (C=O) groups is 2. The number of carboxylic acid groups (broad SMARTS) is 1. The third-order valence-corrected chi connectivity index (χ3v) is 4.49. The Kier molecular flexibility index (Phi) is 4.34. The van der Waals surface area contributed by atoms with Crippen molar-refractivity contribution in [2.75, 3.05) is 6.54 Å². The molecule has 6 nitrogen and oxygen atoms in total. The minimum atomic E-state index is -1.15. The van der Waals surface area contributed by atoms with E-state index in [1.807, 2.05) is 0 Å². The summed E-state index contributed by atoms with van der Waals surface area (Å²) in [4.78, 5) is 25.3. The maximum absolute atomic E-state index is 12.5. The van der Waals surface area contributed by atoms with Gasteiger partial charge in [-0.2, -0.15) is 0 Å². The van der Waals surface area contributed by atoms with Gasteiger partial charge in [0.25, 0.3) is 5.91 Å². The van der Waals surface area contributed by atoms with E-state index in [4.69, 9.17) is 4.52 Å². The van der Waals surface area contributed by atoms with Crippen LogP contribution in [0.2, 0.25) is 0 Å². The molecule has 1 aromatic rings. The van der Waals surface area contributed by atoms with Crippen LogP contribution in [0.5, 0.6) is 0 Å². The third-order valence-electron chi connectivity index (χ3n) is 4.49. The van der Waals surface area contributed by atoms with E-state index in [0.717, 1.165) is 18.5 Å². The van der Waals surface area contributed by atoms with Crippen molar-refractivity contribution < 1.29 is 19.2 Å². The molecule has 1 N–H and O–H groups in total. The highest BCUT2D eigenvalue weighted by Gasteiger charge is 2.47. The fourth-order valence-corrected chi connectivity index (χ4v) is 2.93. The molecule has 0 saturated carbocycles. The van der Waals surface area contributed by atoms with Crippen molar-refractivity contribution in [3.05, 3.63) is 17.5 Å². The molecule has 1 fully saturated rings. The monoisotopic (exact) mass is 294 g/mol. The minimum Gasteiger partial charge on any atom is -0.480 e. The molecule has 116 valence electrons. The van der Waals surface area contributed by atoms with E-state index in [1.165, 1.54) is 4.90 Å². The number of rotatable bonds is 5. The summed E-state index contributed by atoms with van der Waals surface area (Å²) in [5, 5.41) is 13.3. The fraction of sp³-hybridized carbons (Fsp3) is 0.667. The molecule has 0 radical (unpaired) electrons. The van der Waals surface area contributed by atoms with Crippen LogP contribution in [0.4, 0.5) is 0 Å². The standard InChI is InChI=1S/C15H22N2O4/c1-4-10(5-2)11-9-12(21-16-11)13(18)17-8-6-7-15(17,3)14(19)20/h9-10H,4-8H2,1-3H3,(H,19,20). The second-order valence-electron chi connectivity index (χ2n) is 5.77. The van der Waals surface area contributed by atoms with E-state index < -0.39 is 11.5 Å².